The van der Waals surface area contributed by atoms with Crippen LogP contribution in [0.4, 0.5) is 4.39 Å². The molecular weight excluding hydrogens is 280 g/mol. The molecule has 18 heavy (non-hydrogen) atoms. The predicted molar refractivity (Wildman–Crippen MR) is 69.5 cm³/mol. The first-order valence-corrected chi connectivity index (χ1v) is 6.16. The van der Waals surface area contributed by atoms with E-state index in [2.05, 4.69) is 10.1 Å². The van der Waals surface area contributed by atoms with Crippen LogP contribution in [0.5, 0.6) is 0 Å². The van der Waals surface area contributed by atoms with E-state index in [1.54, 1.807) is 0 Å². The van der Waals surface area contributed by atoms with Crippen LogP contribution in [0.3, 0.4) is 0 Å². The van der Waals surface area contributed by atoms with E-state index in [1.165, 1.54) is 19.2 Å². The average molecular weight is 294 g/mol. The smallest absolute Gasteiger partial charge is 0.306 e. The lowest BCUT2D eigenvalue weighted by molar-refractivity contribution is -0.140. The molecule has 0 aromatic heterocycles. The molecule has 0 bridgehead atoms. The summed E-state index contributed by atoms with van der Waals surface area (Å²) in [5, 5.41) is 3.44. The van der Waals surface area contributed by atoms with Crippen molar-refractivity contribution in [2.45, 2.75) is 19.4 Å². The van der Waals surface area contributed by atoms with E-state index < -0.39 is 5.82 Å². The van der Waals surface area contributed by atoms with Gasteiger partial charge in [0.2, 0.25) is 0 Å². The van der Waals surface area contributed by atoms with Crippen molar-refractivity contribution in [1.82, 2.24) is 5.32 Å². The van der Waals surface area contributed by atoms with Crippen molar-refractivity contribution >= 4 is 29.2 Å². The Labute approximate surface area is 115 Å². The van der Waals surface area contributed by atoms with Gasteiger partial charge in [0.25, 0.3) is 0 Å². The number of carbonyl (C=O) groups excluding carboxylic acids is 1. The van der Waals surface area contributed by atoms with Gasteiger partial charge in [-0.3, -0.25) is 4.79 Å². The molecule has 1 aromatic carbocycles. The lowest BCUT2D eigenvalue weighted by Crippen LogP contribution is -2.22. The normalized spacial score (nSPS) is 12.3. The van der Waals surface area contributed by atoms with Gasteiger partial charge >= 0.3 is 5.97 Å². The van der Waals surface area contributed by atoms with Crippen LogP contribution in [0.1, 0.15) is 24.9 Å². The van der Waals surface area contributed by atoms with Crippen molar-refractivity contribution in [3.63, 3.8) is 0 Å². The number of carbonyl (C=O) groups is 1. The number of rotatable bonds is 5. The van der Waals surface area contributed by atoms with Crippen LogP contribution in [0.25, 0.3) is 0 Å². The molecule has 0 aliphatic carbocycles. The topological polar surface area (TPSA) is 38.3 Å². The van der Waals surface area contributed by atoms with Gasteiger partial charge in [0.15, 0.2) is 0 Å². The first-order valence-electron chi connectivity index (χ1n) is 5.40. The Morgan fingerprint density at radius 1 is 1.44 bits per heavy atom. The lowest BCUT2D eigenvalue weighted by atomic mass is 10.1. The van der Waals surface area contributed by atoms with Gasteiger partial charge in [-0.05, 0) is 24.6 Å². The second-order valence-electron chi connectivity index (χ2n) is 3.79. The van der Waals surface area contributed by atoms with Crippen LogP contribution in [0.15, 0.2) is 12.1 Å². The molecule has 1 unspecified atom stereocenters. The highest BCUT2D eigenvalue weighted by molar-refractivity contribution is 6.35. The third-order valence-electron chi connectivity index (χ3n) is 2.51. The Balaban J connectivity index is 2.64. The summed E-state index contributed by atoms with van der Waals surface area (Å²) in [6.07, 6.45) is 0.245. The van der Waals surface area contributed by atoms with Gasteiger partial charge in [-0.25, -0.2) is 4.39 Å². The average Bonchev–Trinajstić information content (AvgIpc) is 2.33. The summed E-state index contributed by atoms with van der Waals surface area (Å²) in [7, 11) is 1.33. The monoisotopic (exact) mass is 293 g/mol. The molecule has 1 atom stereocenters. The second kappa shape index (κ2) is 6.92. The Morgan fingerprint density at radius 3 is 2.72 bits per heavy atom. The number of esters is 1. The van der Waals surface area contributed by atoms with Crippen molar-refractivity contribution < 1.29 is 13.9 Å². The first-order chi connectivity index (χ1) is 8.45. The van der Waals surface area contributed by atoms with Crippen molar-refractivity contribution in [3.05, 3.63) is 33.6 Å². The number of benzene rings is 1. The van der Waals surface area contributed by atoms with E-state index >= 15 is 0 Å². The fraction of sp³-hybridized carbons (Fsp3) is 0.417. The van der Waals surface area contributed by atoms with Gasteiger partial charge in [-0.15, -0.1) is 0 Å². The molecule has 6 heteroatoms. The van der Waals surface area contributed by atoms with Gasteiger partial charge in [-0.2, -0.15) is 0 Å². The van der Waals surface area contributed by atoms with Gasteiger partial charge < -0.3 is 10.1 Å². The highest BCUT2D eigenvalue weighted by Gasteiger charge is 2.13. The minimum absolute atomic E-state index is 0.00879. The summed E-state index contributed by atoms with van der Waals surface area (Å²) in [5.74, 6) is -0.819. The van der Waals surface area contributed by atoms with E-state index in [0.717, 1.165) is 0 Å². The summed E-state index contributed by atoms with van der Waals surface area (Å²) in [4.78, 5) is 10.9. The Hall–Kier alpha value is -0.840. The number of ether oxygens (including phenoxy) is 1. The summed E-state index contributed by atoms with van der Waals surface area (Å²) in [6.45, 7) is 2.25. The highest BCUT2D eigenvalue weighted by atomic mass is 35.5. The van der Waals surface area contributed by atoms with Crippen LogP contribution in [0.2, 0.25) is 10.0 Å². The van der Waals surface area contributed by atoms with Gasteiger partial charge in [0, 0.05) is 17.6 Å². The van der Waals surface area contributed by atoms with Crippen molar-refractivity contribution in [1.29, 1.82) is 0 Å². The maximum absolute atomic E-state index is 13.3. The van der Waals surface area contributed by atoms with Crippen LogP contribution in [-0.4, -0.2) is 19.6 Å². The fourth-order valence-corrected chi connectivity index (χ4v) is 2.02. The number of hydrogen-bond acceptors (Lipinski definition) is 3. The molecule has 0 saturated heterocycles. The standard InChI is InChI=1S/C12H14Cl2FNO2/c1-7(16-4-3-12(17)18-2)8-5-11(15)10(14)6-9(8)13/h5-7,16H,3-4H2,1-2H3. The first kappa shape index (κ1) is 15.2. The van der Waals surface area contributed by atoms with Crippen molar-refractivity contribution in [3.8, 4) is 0 Å². The highest BCUT2D eigenvalue weighted by Crippen LogP contribution is 2.28. The fourth-order valence-electron chi connectivity index (χ4n) is 1.47. The van der Waals surface area contributed by atoms with Crippen molar-refractivity contribution in [2.75, 3.05) is 13.7 Å². The maximum Gasteiger partial charge on any atom is 0.306 e. The predicted octanol–water partition coefficient (Wildman–Crippen LogP) is 3.35. The number of halogens is 3. The van der Waals surface area contributed by atoms with E-state index in [-0.39, 0.29) is 23.5 Å². The molecule has 1 rings (SSSR count). The van der Waals surface area contributed by atoms with Gasteiger partial charge in [-0.1, -0.05) is 23.2 Å². The quantitative estimate of drug-likeness (QED) is 0.668. The Kier molecular flexibility index (Phi) is 5.85. The molecule has 0 heterocycles. The van der Waals surface area contributed by atoms with Crippen LogP contribution >= 0.6 is 23.2 Å². The van der Waals surface area contributed by atoms with E-state index in [9.17, 15) is 9.18 Å². The molecule has 1 aromatic rings. The molecule has 0 aliphatic rings. The molecule has 1 N–H and O–H groups in total. The minimum Gasteiger partial charge on any atom is -0.469 e. The SMILES string of the molecule is COC(=O)CCNC(C)c1cc(F)c(Cl)cc1Cl. The lowest BCUT2D eigenvalue weighted by Gasteiger charge is -2.15. The summed E-state index contributed by atoms with van der Waals surface area (Å²) >= 11 is 11.6. The summed E-state index contributed by atoms with van der Waals surface area (Å²) in [5.41, 5.74) is 0.600. The van der Waals surface area contributed by atoms with E-state index in [4.69, 9.17) is 23.2 Å². The molecule has 3 nitrogen and oxygen atoms in total. The van der Waals surface area contributed by atoms with Crippen LogP contribution in [-0.2, 0) is 9.53 Å². The summed E-state index contributed by atoms with van der Waals surface area (Å²) in [6, 6.07) is 2.47. The minimum atomic E-state index is -0.516. The largest absolute Gasteiger partial charge is 0.469 e. The Bertz CT molecular complexity index is 440. The number of hydrogen-bond donors (Lipinski definition) is 1. The third kappa shape index (κ3) is 4.12. The van der Waals surface area contributed by atoms with E-state index in [1.807, 2.05) is 6.92 Å². The second-order valence-corrected chi connectivity index (χ2v) is 4.60. The van der Waals surface area contributed by atoms with Gasteiger partial charge in [0.1, 0.15) is 5.82 Å². The molecule has 0 spiro atoms. The Morgan fingerprint density at radius 2 is 2.11 bits per heavy atom. The molecule has 0 saturated carbocycles. The molecule has 0 radical (unpaired) electrons. The third-order valence-corrected chi connectivity index (χ3v) is 3.13. The molecule has 0 amide bonds. The zero-order valence-corrected chi connectivity index (χ0v) is 11.6. The number of nitrogens with one attached hydrogen (secondary N) is 1. The molecule has 100 valence electrons. The molecule has 0 aliphatic heterocycles. The zero-order chi connectivity index (χ0) is 13.7. The zero-order valence-electron chi connectivity index (χ0n) is 10.1. The molecule has 0 fully saturated rings. The van der Waals surface area contributed by atoms with Crippen molar-refractivity contribution in [2.24, 2.45) is 0 Å². The van der Waals surface area contributed by atoms with Crippen LogP contribution < -0.4 is 5.32 Å². The van der Waals surface area contributed by atoms with Gasteiger partial charge in [0.05, 0.1) is 18.6 Å². The summed E-state index contributed by atoms with van der Waals surface area (Å²) < 4.78 is 17.8. The van der Waals surface area contributed by atoms with E-state index in [0.29, 0.717) is 17.1 Å². The maximum atomic E-state index is 13.3. The molecular formula is C12H14Cl2FNO2. The van der Waals surface area contributed by atoms with Crippen LogP contribution in [0, 0.1) is 5.82 Å². The number of methoxy groups -OCH3 is 1.